The number of rotatable bonds is 1. The van der Waals surface area contributed by atoms with Gasteiger partial charge in [-0.25, -0.2) is 0 Å². The summed E-state index contributed by atoms with van der Waals surface area (Å²) >= 11 is 0. The Balaban J connectivity index is 1.62. The lowest BCUT2D eigenvalue weighted by molar-refractivity contribution is 0.423. The molecule has 0 radical (unpaired) electrons. The Morgan fingerprint density at radius 1 is 0.500 bits per heavy atom. The van der Waals surface area contributed by atoms with Gasteiger partial charge in [-0.05, 0) is 67.9 Å². The molecule has 2 aromatic heterocycles. The molecule has 0 saturated heterocycles. The van der Waals surface area contributed by atoms with E-state index in [-0.39, 0.29) is 5.54 Å². The fraction of sp³-hybridized carbons (Fsp3) is 0.125. The Kier molecular flexibility index (Phi) is 3.85. The van der Waals surface area contributed by atoms with Gasteiger partial charge in [0.15, 0.2) is 0 Å². The fourth-order valence-electron chi connectivity index (χ4n) is 5.84. The van der Waals surface area contributed by atoms with E-state index in [0.29, 0.717) is 0 Å². The molecular formula is C32H26N2. The SMILES string of the molecule is CC(C)(C)n1c2ccccc2c2cc(-n3c4ccccc4c4c5ccccc5ccc43)ccc21. The molecule has 0 aliphatic heterocycles. The Labute approximate surface area is 198 Å². The van der Waals surface area contributed by atoms with Crippen molar-refractivity contribution in [2.45, 2.75) is 26.3 Å². The number of hydrogen-bond acceptors (Lipinski definition) is 0. The van der Waals surface area contributed by atoms with Gasteiger partial charge in [-0.3, -0.25) is 0 Å². The topological polar surface area (TPSA) is 9.86 Å². The Hall–Kier alpha value is -4.04. The van der Waals surface area contributed by atoms with Gasteiger partial charge in [-0.15, -0.1) is 0 Å². The maximum atomic E-state index is 2.47. The summed E-state index contributed by atoms with van der Waals surface area (Å²) in [5.74, 6) is 0. The van der Waals surface area contributed by atoms with E-state index < -0.39 is 0 Å². The van der Waals surface area contributed by atoms with Gasteiger partial charge in [0.05, 0.1) is 11.0 Å². The molecule has 7 rings (SSSR count). The van der Waals surface area contributed by atoms with Crippen LogP contribution in [0.4, 0.5) is 0 Å². The molecule has 0 atom stereocenters. The van der Waals surface area contributed by atoms with Gasteiger partial charge in [0, 0.05) is 43.8 Å². The van der Waals surface area contributed by atoms with Crippen molar-refractivity contribution in [3.05, 3.63) is 103 Å². The Morgan fingerprint density at radius 2 is 1.12 bits per heavy atom. The van der Waals surface area contributed by atoms with Gasteiger partial charge in [0.2, 0.25) is 0 Å². The molecule has 2 heterocycles. The van der Waals surface area contributed by atoms with Gasteiger partial charge in [-0.1, -0.05) is 66.7 Å². The average molecular weight is 439 g/mol. The molecule has 0 N–H and O–H groups in total. The quantitative estimate of drug-likeness (QED) is 0.242. The second-order valence-electron chi connectivity index (χ2n) is 10.3. The second-order valence-corrected chi connectivity index (χ2v) is 10.3. The minimum absolute atomic E-state index is 0.00533. The molecule has 5 aromatic carbocycles. The van der Waals surface area contributed by atoms with Crippen molar-refractivity contribution < 1.29 is 0 Å². The number of para-hydroxylation sites is 2. The highest BCUT2D eigenvalue weighted by molar-refractivity contribution is 6.21. The van der Waals surface area contributed by atoms with E-state index in [1.54, 1.807) is 0 Å². The smallest absolute Gasteiger partial charge is 0.0547 e. The molecular weight excluding hydrogens is 412 g/mol. The van der Waals surface area contributed by atoms with Crippen LogP contribution in [0.2, 0.25) is 0 Å². The number of nitrogens with zero attached hydrogens (tertiary/aromatic N) is 2. The van der Waals surface area contributed by atoms with E-state index in [9.17, 15) is 0 Å². The van der Waals surface area contributed by atoms with E-state index in [1.165, 1.54) is 60.1 Å². The Morgan fingerprint density at radius 3 is 1.91 bits per heavy atom. The van der Waals surface area contributed by atoms with Crippen LogP contribution in [-0.2, 0) is 5.54 Å². The lowest BCUT2D eigenvalue weighted by atomic mass is 10.0. The number of benzene rings is 5. The average Bonchev–Trinajstić information content (AvgIpc) is 3.37. The summed E-state index contributed by atoms with van der Waals surface area (Å²) in [6.45, 7) is 6.85. The molecule has 0 aliphatic carbocycles. The van der Waals surface area contributed by atoms with E-state index in [1.807, 2.05) is 0 Å². The van der Waals surface area contributed by atoms with Crippen LogP contribution in [0.3, 0.4) is 0 Å². The van der Waals surface area contributed by atoms with E-state index in [2.05, 4.69) is 133 Å². The molecule has 164 valence electrons. The van der Waals surface area contributed by atoms with Crippen molar-refractivity contribution >= 4 is 54.4 Å². The van der Waals surface area contributed by atoms with Gasteiger partial charge >= 0.3 is 0 Å². The highest BCUT2D eigenvalue weighted by Gasteiger charge is 2.21. The predicted octanol–water partition coefficient (Wildman–Crippen LogP) is 8.80. The van der Waals surface area contributed by atoms with Crippen molar-refractivity contribution in [3.8, 4) is 5.69 Å². The van der Waals surface area contributed by atoms with E-state index in [0.717, 1.165) is 0 Å². The zero-order valence-corrected chi connectivity index (χ0v) is 19.7. The standard InChI is InChI=1S/C32H26N2/c1-32(2,3)34-28-15-9-6-12-24(28)26-20-22(17-19-29(26)34)33-27-14-8-7-13-25(27)31-23-11-5-4-10-21(23)16-18-30(31)33/h4-20H,1-3H3. The Bertz CT molecular complexity index is 1890. The highest BCUT2D eigenvalue weighted by atomic mass is 15.1. The van der Waals surface area contributed by atoms with Gasteiger partial charge in [0.1, 0.15) is 0 Å². The highest BCUT2D eigenvalue weighted by Crippen LogP contribution is 2.39. The third-order valence-corrected chi connectivity index (χ3v) is 7.15. The van der Waals surface area contributed by atoms with Gasteiger partial charge < -0.3 is 9.13 Å². The first-order chi connectivity index (χ1) is 16.5. The zero-order valence-electron chi connectivity index (χ0n) is 19.7. The fourth-order valence-corrected chi connectivity index (χ4v) is 5.84. The summed E-state index contributed by atoms with van der Waals surface area (Å²) < 4.78 is 4.90. The van der Waals surface area contributed by atoms with Crippen molar-refractivity contribution in [3.63, 3.8) is 0 Å². The maximum Gasteiger partial charge on any atom is 0.0547 e. The first-order valence-corrected chi connectivity index (χ1v) is 12.0. The molecule has 7 aromatic rings. The molecule has 2 heteroatoms. The van der Waals surface area contributed by atoms with Crippen LogP contribution in [-0.4, -0.2) is 9.13 Å². The monoisotopic (exact) mass is 438 g/mol. The van der Waals surface area contributed by atoms with Crippen molar-refractivity contribution in [1.82, 2.24) is 9.13 Å². The maximum absolute atomic E-state index is 2.47. The number of aromatic nitrogens is 2. The molecule has 0 amide bonds. The molecule has 0 fully saturated rings. The third kappa shape index (κ3) is 2.57. The van der Waals surface area contributed by atoms with Crippen molar-refractivity contribution in [1.29, 1.82) is 0 Å². The lowest BCUT2D eigenvalue weighted by Gasteiger charge is -2.24. The van der Waals surface area contributed by atoms with E-state index >= 15 is 0 Å². The normalized spacial score (nSPS) is 12.6. The van der Waals surface area contributed by atoms with Crippen LogP contribution in [0, 0.1) is 0 Å². The van der Waals surface area contributed by atoms with Crippen LogP contribution < -0.4 is 0 Å². The van der Waals surface area contributed by atoms with Crippen LogP contribution >= 0.6 is 0 Å². The lowest BCUT2D eigenvalue weighted by Crippen LogP contribution is -2.21. The summed E-state index contributed by atoms with van der Waals surface area (Å²) in [6, 6.07) is 37.8. The summed E-state index contributed by atoms with van der Waals surface area (Å²) in [7, 11) is 0. The second kappa shape index (κ2) is 6.74. The summed E-state index contributed by atoms with van der Waals surface area (Å²) in [5.41, 5.74) is 6.26. The molecule has 0 spiro atoms. The summed E-state index contributed by atoms with van der Waals surface area (Å²) in [4.78, 5) is 0. The number of fused-ring (bicyclic) bond motifs is 8. The van der Waals surface area contributed by atoms with Crippen LogP contribution in [0.15, 0.2) is 103 Å². The molecule has 0 bridgehead atoms. The zero-order chi connectivity index (χ0) is 23.0. The van der Waals surface area contributed by atoms with Crippen LogP contribution in [0.1, 0.15) is 20.8 Å². The van der Waals surface area contributed by atoms with Crippen molar-refractivity contribution in [2.75, 3.05) is 0 Å². The van der Waals surface area contributed by atoms with Crippen molar-refractivity contribution in [2.24, 2.45) is 0 Å². The molecule has 2 nitrogen and oxygen atoms in total. The first-order valence-electron chi connectivity index (χ1n) is 12.0. The number of hydrogen-bond donors (Lipinski definition) is 0. The predicted molar refractivity (Wildman–Crippen MR) is 146 cm³/mol. The minimum Gasteiger partial charge on any atom is -0.335 e. The van der Waals surface area contributed by atoms with Crippen LogP contribution in [0.5, 0.6) is 0 Å². The molecule has 0 aliphatic rings. The summed E-state index contributed by atoms with van der Waals surface area (Å²) in [6.07, 6.45) is 0. The third-order valence-electron chi connectivity index (χ3n) is 7.15. The minimum atomic E-state index is -0.00533. The molecule has 0 unspecified atom stereocenters. The first kappa shape index (κ1) is 19.4. The molecule has 34 heavy (non-hydrogen) atoms. The van der Waals surface area contributed by atoms with Gasteiger partial charge in [0.25, 0.3) is 0 Å². The van der Waals surface area contributed by atoms with Gasteiger partial charge in [-0.2, -0.15) is 0 Å². The van der Waals surface area contributed by atoms with E-state index in [4.69, 9.17) is 0 Å². The summed E-state index contributed by atoms with van der Waals surface area (Å²) in [5, 5.41) is 7.81. The largest absolute Gasteiger partial charge is 0.335 e. The molecule has 0 saturated carbocycles. The van der Waals surface area contributed by atoms with Crippen LogP contribution in [0.25, 0.3) is 60.1 Å².